The topological polar surface area (TPSA) is 40.9 Å². The second-order valence-corrected chi connectivity index (χ2v) is 7.70. The molecule has 0 saturated heterocycles. The molecule has 0 fully saturated rings. The number of unbranched alkanes of at least 4 members (excludes halogenated alkanes) is 2. The number of benzene rings is 2. The minimum Gasteiger partial charge on any atom is -0.294 e. The van der Waals surface area contributed by atoms with Crippen molar-refractivity contribution in [3.8, 4) is 17.2 Å². The summed E-state index contributed by atoms with van der Waals surface area (Å²) >= 11 is 0. The maximum absolute atomic E-state index is 12.4. The Morgan fingerprint density at radius 3 is 2.07 bits per heavy atom. The molecule has 0 unspecified atom stereocenters. The van der Waals surface area contributed by atoms with Crippen LogP contribution in [0, 0.1) is 11.3 Å². The van der Waals surface area contributed by atoms with Gasteiger partial charge < -0.3 is 0 Å². The van der Waals surface area contributed by atoms with Crippen LogP contribution in [0.25, 0.3) is 11.1 Å². The van der Waals surface area contributed by atoms with Crippen LogP contribution in [-0.4, -0.2) is 5.78 Å². The summed E-state index contributed by atoms with van der Waals surface area (Å²) in [7, 11) is 0. The molecule has 1 aliphatic carbocycles. The predicted octanol–water partition coefficient (Wildman–Crippen LogP) is 6.80. The van der Waals surface area contributed by atoms with Gasteiger partial charge in [0.1, 0.15) is 0 Å². The van der Waals surface area contributed by atoms with E-state index >= 15 is 0 Å². The van der Waals surface area contributed by atoms with Crippen LogP contribution in [0.4, 0.5) is 0 Å². The molecule has 0 amide bonds. The van der Waals surface area contributed by atoms with Crippen molar-refractivity contribution >= 4 is 5.78 Å². The number of nitrogens with zero attached hydrogens (tertiary/aromatic N) is 1. The molecule has 1 aliphatic rings. The van der Waals surface area contributed by atoms with Gasteiger partial charge in [-0.25, -0.2) is 0 Å². The average Bonchev–Trinajstić information content (AvgIpc) is 2.98. The van der Waals surface area contributed by atoms with Crippen LogP contribution >= 0.6 is 0 Å². The average molecular weight is 360 g/mol. The number of fused-ring (bicyclic) bond motifs is 3. The first-order valence-corrected chi connectivity index (χ1v) is 10.3. The Hall–Kier alpha value is -2.40. The van der Waals surface area contributed by atoms with Gasteiger partial charge in [-0.2, -0.15) is 5.26 Å². The molecule has 140 valence electrons. The van der Waals surface area contributed by atoms with E-state index in [4.69, 9.17) is 0 Å². The monoisotopic (exact) mass is 359 g/mol. The van der Waals surface area contributed by atoms with E-state index in [2.05, 4.69) is 44.2 Å². The normalized spacial score (nSPS) is 13.7. The Morgan fingerprint density at radius 1 is 0.926 bits per heavy atom. The van der Waals surface area contributed by atoms with Crippen molar-refractivity contribution in [1.29, 1.82) is 5.26 Å². The Kier molecular flexibility index (Phi) is 5.80. The molecule has 3 rings (SSSR count). The molecule has 0 spiro atoms. The van der Waals surface area contributed by atoms with Crippen molar-refractivity contribution in [2.45, 2.75) is 71.1 Å². The molecule has 0 bridgehead atoms. The standard InChI is InChI=1S/C25H29NO/c1-4-7-13-25(14-8-5-2)22-15-18(17-26)9-11-20(22)21-12-10-19(16-23(21)25)24(27)6-3/h9-12,15-16H,4-8,13-14H2,1-3H3. The molecule has 0 heterocycles. The highest BCUT2D eigenvalue weighted by Crippen LogP contribution is 2.54. The van der Waals surface area contributed by atoms with E-state index in [-0.39, 0.29) is 11.2 Å². The van der Waals surface area contributed by atoms with E-state index in [1.165, 1.54) is 22.3 Å². The molecule has 2 aromatic rings. The van der Waals surface area contributed by atoms with Gasteiger partial charge in [-0.1, -0.05) is 64.7 Å². The van der Waals surface area contributed by atoms with E-state index in [9.17, 15) is 10.1 Å². The third-order valence-corrected chi connectivity index (χ3v) is 6.05. The second kappa shape index (κ2) is 8.09. The van der Waals surface area contributed by atoms with Gasteiger partial charge in [0, 0.05) is 17.4 Å². The van der Waals surface area contributed by atoms with Gasteiger partial charge in [-0.15, -0.1) is 0 Å². The number of Topliss-reactive ketones (excluding diaryl/α,β-unsaturated/α-hetero) is 1. The van der Waals surface area contributed by atoms with Gasteiger partial charge >= 0.3 is 0 Å². The highest BCUT2D eigenvalue weighted by molar-refractivity contribution is 5.97. The molecule has 0 atom stereocenters. The van der Waals surface area contributed by atoms with Crippen molar-refractivity contribution in [2.24, 2.45) is 0 Å². The maximum Gasteiger partial charge on any atom is 0.162 e. The first kappa shape index (κ1) is 19.4. The fourth-order valence-corrected chi connectivity index (χ4v) is 4.56. The van der Waals surface area contributed by atoms with Crippen LogP contribution < -0.4 is 0 Å². The molecular formula is C25H29NO. The third-order valence-electron chi connectivity index (χ3n) is 6.05. The van der Waals surface area contributed by atoms with Crippen LogP contribution in [0.2, 0.25) is 0 Å². The minimum absolute atomic E-state index is 0.0758. The molecule has 27 heavy (non-hydrogen) atoms. The Labute approximate surface area is 163 Å². The lowest BCUT2D eigenvalue weighted by Gasteiger charge is -2.33. The number of nitriles is 1. The maximum atomic E-state index is 12.4. The molecule has 0 N–H and O–H groups in total. The van der Waals surface area contributed by atoms with Crippen LogP contribution in [0.15, 0.2) is 36.4 Å². The fourth-order valence-electron chi connectivity index (χ4n) is 4.56. The minimum atomic E-state index is -0.0758. The van der Waals surface area contributed by atoms with Crippen molar-refractivity contribution in [3.05, 3.63) is 58.7 Å². The summed E-state index contributed by atoms with van der Waals surface area (Å²) < 4.78 is 0. The Bertz CT molecular complexity index is 880. The molecule has 0 radical (unpaired) electrons. The first-order chi connectivity index (χ1) is 13.1. The van der Waals surface area contributed by atoms with Gasteiger partial charge in [-0.3, -0.25) is 4.79 Å². The summed E-state index contributed by atoms with van der Waals surface area (Å²) in [6.45, 7) is 6.38. The molecule has 0 aromatic heterocycles. The van der Waals surface area contributed by atoms with Gasteiger partial charge in [0.2, 0.25) is 0 Å². The summed E-state index contributed by atoms with van der Waals surface area (Å²) in [6, 6.07) is 14.7. The van der Waals surface area contributed by atoms with Gasteiger partial charge in [0.05, 0.1) is 11.6 Å². The second-order valence-electron chi connectivity index (χ2n) is 7.70. The van der Waals surface area contributed by atoms with Crippen LogP contribution in [0.3, 0.4) is 0 Å². The van der Waals surface area contributed by atoms with Crippen LogP contribution in [0.5, 0.6) is 0 Å². The fraction of sp³-hybridized carbons (Fsp3) is 0.440. The lowest BCUT2D eigenvalue weighted by atomic mass is 9.70. The summed E-state index contributed by atoms with van der Waals surface area (Å²) in [5.74, 6) is 0.200. The van der Waals surface area contributed by atoms with Crippen molar-refractivity contribution < 1.29 is 4.79 Å². The van der Waals surface area contributed by atoms with E-state index in [1.54, 1.807) is 0 Å². The third kappa shape index (κ3) is 3.32. The van der Waals surface area contributed by atoms with Gasteiger partial charge in [-0.05, 0) is 53.3 Å². The number of ketones is 1. The van der Waals surface area contributed by atoms with E-state index in [0.29, 0.717) is 6.42 Å². The molecule has 0 saturated carbocycles. The SMILES string of the molecule is CCCCC1(CCCC)c2cc(C#N)ccc2-c2ccc(C(=O)CC)cc21. The van der Waals surface area contributed by atoms with Crippen molar-refractivity contribution in [1.82, 2.24) is 0 Å². The first-order valence-electron chi connectivity index (χ1n) is 10.3. The quantitative estimate of drug-likeness (QED) is 0.486. The molecule has 2 nitrogen and oxygen atoms in total. The number of rotatable bonds is 8. The van der Waals surface area contributed by atoms with Crippen LogP contribution in [0.1, 0.15) is 92.8 Å². The van der Waals surface area contributed by atoms with Crippen molar-refractivity contribution in [2.75, 3.05) is 0 Å². The van der Waals surface area contributed by atoms with E-state index in [0.717, 1.165) is 49.7 Å². The lowest BCUT2D eigenvalue weighted by Crippen LogP contribution is -2.26. The highest BCUT2D eigenvalue weighted by atomic mass is 16.1. The van der Waals surface area contributed by atoms with Gasteiger partial charge in [0.25, 0.3) is 0 Å². The molecule has 2 aromatic carbocycles. The Morgan fingerprint density at radius 2 is 1.52 bits per heavy atom. The Balaban J connectivity index is 2.26. The number of hydrogen-bond acceptors (Lipinski definition) is 2. The number of hydrogen-bond donors (Lipinski definition) is 0. The summed E-state index contributed by atoms with van der Waals surface area (Å²) in [6.07, 6.45) is 7.25. The highest BCUT2D eigenvalue weighted by Gasteiger charge is 2.42. The lowest BCUT2D eigenvalue weighted by molar-refractivity contribution is 0.0988. The zero-order chi connectivity index (χ0) is 19.4. The zero-order valence-electron chi connectivity index (χ0n) is 16.8. The van der Waals surface area contributed by atoms with Gasteiger partial charge in [0.15, 0.2) is 5.78 Å². The molecular weight excluding hydrogens is 330 g/mol. The largest absolute Gasteiger partial charge is 0.294 e. The summed E-state index contributed by atoms with van der Waals surface area (Å²) in [5, 5.41) is 9.46. The predicted molar refractivity (Wildman–Crippen MR) is 111 cm³/mol. The summed E-state index contributed by atoms with van der Waals surface area (Å²) in [4.78, 5) is 12.4. The zero-order valence-corrected chi connectivity index (χ0v) is 16.8. The molecule has 0 aliphatic heterocycles. The number of carbonyl (C=O) groups excluding carboxylic acids is 1. The summed E-state index contributed by atoms with van der Waals surface area (Å²) in [5.41, 5.74) is 6.55. The number of carbonyl (C=O) groups is 1. The smallest absolute Gasteiger partial charge is 0.162 e. The molecule has 2 heteroatoms. The van der Waals surface area contributed by atoms with E-state index in [1.807, 2.05) is 19.1 Å². The van der Waals surface area contributed by atoms with E-state index < -0.39 is 0 Å². The van der Waals surface area contributed by atoms with Crippen molar-refractivity contribution in [3.63, 3.8) is 0 Å². The van der Waals surface area contributed by atoms with Crippen LogP contribution in [-0.2, 0) is 5.41 Å².